The number of amides is 1. The maximum absolute atomic E-state index is 11.6. The van der Waals surface area contributed by atoms with Crippen molar-refractivity contribution in [3.8, 4) is 0 Å². The number of benzene rings is 1. The van der Waals surface area contributed by atoms with Crippen molar-refractivity contribution in [2.24, 2.45) is 5.92 Å². The third kappa shape index (κ3) is 4.12. The first-order valence-corrected chi connectivity index (χ1v) is 6.52. The van der Waals surface area contributed by atoms with Crippen molar-refractivity contribution in [1.82, 2.24) is 5.32 Å². The molecule has 2 atom stereocenters. The number of carbonyl (C=O) groups excluding carboxylic acids is 1. The molecule has 1 aromatic rings. The van der Waals surface area contributed by atoms with Crippen molar-refractivity contribution in [3.05, 3.63) is 48.0 Å². The summed E-state index contributed by atoms with van der Waals surface area (Å²) in [5.41, 5.74) is 0.908. The van der Waals surface area contributed by atoms with Crippen molar-refractivity contribution >= 4 is 12.1 Å². The van der Waals surface area contributed by atoms with Crippen LogP contribution in [0.25, 0.3) is 0 Å². The van der Waals surface area contributed by atoms with Gasteiger partial charge < -0.3 is 15.2 Å². The molecule has 0 saturated heterocycles. The third-order valence-electron chi connectivity index (χ3n) is 3.19. The average Bonchev–Trinajstić information content (AvgIpc) is 2.46. The molecule has 0 bridgehead atoms. The number of rotatable bonds is 4. The minimum atomic E-state index is -0.834. The number of hydrogen-bond acceptors (Lipinski definition) is 3. The van der Waals surface area contributed by atoms with Crippen LogP contribution in [0.2, 0.25) is 0 Å². The van der Waals surface area contributed by atoms with E-state index < -0.39 is 18.0 Å². The first kappa shape index (κ1) is 14.1. The van der Waals surface area contributed by atoms with Crippen LogP contribution in [-0.4, -0.2) is 23.2 Å². The number of hydrogen-bond donors (Lipinski definition) is 2. The van der Waals surface area contributed by atoms with Gasteiger partial charge in [-0.1, -0.05) is 42.5 Å². The van der Waals surface area contributed by atoms with Gasteiger partial charge in [0.1, 0.15) is 6.61 Å². The average molecular weight is 275 g/mol. The number of nitrogens with one attached hydrogen (secondary N) is 1. The Hall–Kier alpha value is -2.30. The maximum Gasteiger partial charge on any atom is 0.407 e. The van der Waals surface area contributed by atoms with Gasteiger partial charge in [-0.05, 0) is 18.4 Å². The lowest BCUT2D eigenvalue weighted by Crippen LogP contribution is -2.38. The first-order valence-electron chi connectivity index (χ1n) is 6.52. The van der Waals surface area contributed by atoms with E-state index in [9.17, 15) is 9.59 Å². The summed E-state index contributed by atoms with van der Waals surface area (Å²) < 4.78 is 5.10. The van der Waals surface area contributed by atoms with Gasteiger partial charge in [0.25, 0.3) is 0 Å². The van der Waals surface area contributed by atoms with Crippen LogP contribution in [-0.2, 0) is 16.1 Å². The summed E-state index contributed by atoms with van der Waals surface area (Å²) in [4.78, 5) is 22.6. The van der Waals surface area contributed by atoms with Gasteiger partial charge in [-0.3, -0.25) is 4.79 Å². The second kappa shape index (κ2) is 6.75. The van der Waals surface area contributed by atoms with Crippen molar-refractivity contribution in [1.29, 1.82) is 0 Å². The largest absolute Gasteiger partial charge is 0.481 e. The van der Waals surface area contributed by atoms with E-state index in [1.54, 1.807) is 6.08 Å². The monoisotopic (exact) mass is 275 g/mol. The Morgan fingerprint density at radius 2 is 2.05 bits per heavy atom. The summed E-state index contributed by atoms with van der Waals surface area (Å²) >= 11 is 0. The Balaban J connectivity index is 1.78. The van der Waals surface area contributed by atoms with E-state index in [1.807, 2.05) is 36.4 Å². The van der Waals surface area contributed by atoms with E-state index in [-0.39, 0.29) is 12.6 Å². The van der Waals surface area contributed by atoms with Crippen LogP contribution >= 0.6 is 0 Å². The molecular weight excluding hydrogens is 258 g/mol. The highest BCUT2D eigenvalue weighted by Gasteiger charge is 2.24. The molecule has 0 unspecified atom stereocenters. The zero-order valence-corrected chi connectivity index (χ0v) is 11.0. The highest BCUT2D eigenvalue weighted by molar-refractivity contribution is 5.71. The third-order valence-corrected chi connectivity index (χ3v) is 3.19. The molecule has 0 fully saturated rings. The molecule has 1 aliphatic rings. The molecular formula is C15H17NO4. The first-order chi connectivity index (χ1) is 9.65. The van der Waals surface area contributed by atoms with Crippen LogP contribution < -0.4 is 5.32 Å². The molecule has 2 rings (SSSR count). The second-order valence-electron chi connectivity index (χ2n) is 4.75. The molecule has 0 radical (unpaired) electrons. The maximum atomic E-state index is 11.6. The molecule has 1 aromatic carbocycles. The fraction of sp³-hybridized carbons (Fsp3) is 0.333. The zero-order valence-electron chi connectivity index (χ0n) is 11.0. The summed E-state index contributed by atoms with van der Waals surface area (Å²) in [6, 6.07) is 9.09. The topological polar surface area (TPSA) is 75.6 Å². The Kier molecular flexibility index (Phi) is 4.76. The Bertz CT molecular complexity index is 498. The van der Waals surface area contributed by atoms with Crippen LogP contribution in [0.5, 0.6) is 0 Å². The SMILES string of the molecule is O=C(N[C@@H]1C=CC[C@H](C(=O)O)C1)OCc1ccccc1. The molecule has 5 heteroatoms. The summed E-state index contributed by atoms with van der Waals surface area (Å²) in [5.74, 6) is -1.28. The lowest BCUT2D eigenvalue weighted by Gasteiger charge is -2.22. The summed E-state index contributed by atoms with van der Waals surface area (Å²) in [6.45, 7) is 0.200. The fourth-order valence-electron chi connectivity index (χ4n) is 2.11. The normalized spacial score (nSPS) is 21.2. The summed E-state index contributed by atoms with van der Waals surface area (Å²) in [6.07, 6.45) is 3.96. The van der Waals surface area contributed by atoms with Gasteiger partial charge in [-0.25, -0.2) is 4.79 Å². The molecule has 0 saturated carbocycles. The van der Waals surface area contributed by atoms with Gasteiger partial charge >= 0.3 is 12.1 Å². The number of allylic oxidation sites excluding steroid dienone is 1. The Morgan fingerprint density at radius 3 is 2.75 bits per heavy atom. The summed E-state index contributed by atoms with van der Waals surface area (Å²) in [5, 5.41) is 11.6. The molecule has 5 nitrogen and oxygen atoms in total. The minimum Gasteiger partial charge on any atom is -0.481 e. The number of carboxylic acid groups (broad SMARTS) is 1. The molecule has 0 aromatic heterocycles. The minimum absolute atomic E-state index is 0.200. The van der Waals surface area contributed by atoms with Gasteiger partial charge in [0.15, 0.2) is 0 Å². The van der Waals surface area contributed by atoms with E-state index in [1.165, 1.54) is 0 Å². The lowest BCUT2D eigenvalue weighted by molar-refractivity contribution is -0.142. The van der Waals surface area contributed by atoms with Gasteiger partial charge in [0.05, 0.1) is 12.0 Å². The molecule has 0 aliphatic heterocycles. The number of alkyl carbamates (subject to hydrolysis) is 1. The Labute approximate surface area is 117 Å². The van der Waals surface area contributed by atoms with Crippen LogP contribution in [0.4, 0.5) is 4.79 Å². The van der Waals surface area contributed by atoms with Crippen LogP contribution in [0.1, 0.15) is 18.4 Å². The molecule has 20 heavy (non-hydrogen) atoms. The van der Waals surface area contributed by atoms with E-state index in [2.05, 4.69) is 5.32 Å². The van der Waals surface area contributed by atoms with Crippen molar-refractivity contribution < 1.29 is 19.4 Å². The molecule has 106 valence electrons. The molecule has 1 amide bonds. The highest BCUT2D eigenvalue weighted by atomic mass is 16.5. The van der Waals surface area contributed by atoms with Crippen molar-refractivity contribution in [2.45, 2.75) is 25.5 Å². The van der Waals surface area contributed by atoms with E-state index in [0.717, 1.165) is 5.56 Å². The predicted molar refractivity (Wildman–Crippen MR) is 73.1 cm³/mol. The fourth-order valence-corrected chi connectivity index (χ4v) is 2.11. The highest BCUT2D eigenvalue weighted by Crippen LogP contribution is 2.19. The van der Waals surface area contributed by atoms with Crippen molar-refractivity contribution in [2.75, 3.05) is 0 Å². The predicted octanol–water partition coefficient (Wildman–Crippen LogP) is 2.33. The molecule has 1 aliphatic carbocycles. The van der Waals surface area contributed by atoms with E-state index >= 15 is 0 Å². The lowest BCUT2D eigenvalue weighted by atomic mass is 9.91. The smallest absolute Gasteiger partial charge is 0.407 e. The summed E-state index contributed by atoms with van der Waals surface area (Å²) in [7, 11) is 0. The number of carbonyl (C=O) groups is 2. The van der Waals surface area contributed by atoms with Gasteiger partial charge in [0.2, 0.25) is 0 Å². The number of carboxylic acids is 1. The quantitative estimate of drug-likeness (QED) is 0.827. The molecule has 0 spiro atoms. The van der Waals surface area contributed by atoms with Crippen LogP contribution in [0, 0.1) is 5.92 Å². The Morgan fingerprint density at radius 1 is 1.30 bits per heavy atom. The van der Waals surface area contributed by atoms with Gasteiger partial charge in [-0.2, -0.15) is 0 Å². The standard InChI is InChI=1S/C15H17NO4/c17-14(18)12-7-4-8-13(9-12)16-15(19)20-10-11-5-2-1-3-6-11/h1-6,8,12-13H,7,9-10H2,(H,16,19)(H,17,18)/t12-,13+/m0/s1. The van der Waals surface area contributed by atoms with Crippen LogP contribution in [0.3, 0.4) is 0 Å². The van der Waals surface area contributed by atoms with E-state index in [0.29, 0.717) is 12.8 Å². The van der Waals surface area contributed by atoms with Gasteiger partial charge in [0, 0.05) is 0 Å². The van der Waals surface area contributed by atoms with Crippen molar-refractivity contribution in [3.63, 3.8) is 0 Å². The van der Waals surface area contributed by atoms with Crippen LogP contribution in [0.15, 0.2) is 42.5 Å². The molecule has 2 N–H and O–H groups in total. The molecule has 0 heterocycles. The zero-order chi connectivity index (χ0) is 14.4. The number of ether oxygens (including phenoxy) is 1. The second-order valence-corrected chi connectivity index (χ2v) is 4.75. The van der Waals surface area contributed by atoms with E-state index in [4.69, 9.17) is 9.84 Å². The van der Waals surface area contributed by atoms with Gasteiger partial charge in [-0.15, -0.1) is 0 Å². The number of aliphatic carboxylic acids is 1.